The van der Waals surface area contributed by atoms with Crippen LogP contribution in [0.15, 0.2) is 40.6 Å². The van der Waals surface area contributed by atoms with Crippen molar-refractivity contribution in [2.24, 2.45) is 0 Å². The molecule has 0 saturated heterocycles. The van der Waals surface area contributed by atoms with Crippen LogP contribution in [0.25, 0.3) is 10.9 Å². The maximum atomic E-state index is 12.5. The summed E-state index contributed by atoms with van der Waals surface area (Å²) in [6.45, 7) is 1.93. The molecule has 0 saturated carbocycles. The molecule has 0 atom stereocenters. The molecule has 2 N–H and O–H groups in total. The normalized spacial score (nSPS) is 11.6. The molecule has 2 aromatic heterocycles. The molecule has 120 valence electrons. The Kier molecular flexibility index (Phi) is 3.87. The molecule has 0 aliphatic carbocycles. The number of hydrogen-bond donors (Lipinski definition) is 2. The average molecular weight is 350 g/mol. The number of anilines is 1. The molecule has 3 rings (SSSR count). The number of aromatic nitrogens is 1. The van der Waals surface area contributed by atoms with E-state index in [-0.39, 0.29) is 9.77 Å². The van der Waals surface area contributed by atoms with E-state index < -0.39 is 16.0 Å². The van der Waals surface area contributed by atoms with Gasteiger partial charge in [0.05, 0.1) is 7.11 Å². The molecule has 0 fully saturated rings. The van der Waals surface area contributed by atoms with Gasteiger partial charge in [-0.15, -0.1) is 11.3 Å². The zero-order valence-electron chi connectivity index (χ0n) is 12.4. The van der Waals surface area contributed by atoms with E-state index in [1.807, 2.05) is 13.0 Å². The smallest absolute Gasteiger partial charge is 0.349 e. The van der Waals surface area contributed by atoms with Crippen LogP contribution in [0.4, 0.5) is 5.69 Å². The number of aromatic amines is 1. The Balaban J connectivity index is 1.96. The zero-order valence-corrected chi connectivity index (χ0v) is 14.0. The minimum atomic E-state index is -3.87. The molecular formula is C15H14N2O4S2. The summed E-state index contributed by atoms with van der Waals surface area (Å²) in [6.07, 6.45) is 0. The molecule has 2 heterocycles. The van der Waals surface area contributed by atoms with E-state index in [1.54, 1.807) is 23.6 Å². The third-order valence-electron chi connectivity index (χ3n) is 3.30. The number of carbonyl (C=O) groups excluding carboxylic acids is 1. The number of carbonyl (C=O) groups is 1. The molecule has 0 aliphatic heterocycles. The molecule has 0 radical (unpaired) electrons. The summed E-state index contributed by atoms with van der Waals surface area (Å²) in [5, 5.41) is 2.45. The largest absolute Gasteiger partial charge is 0.465 e. The summed E-state index contributed by atoms with van der Waals surface area (Å²) in [5.41, 5.74) is 2.35. The first kappa shape index (κ1) is 15.6. The molecule has 0 unspecified atom stereocenters. The third kappa shape index (κ3) is 2.95. The van der Waals surface area contributed by atoms with Gasteiger partial charge in [-0.05, 0) is 42.6 Å². The molecule has 0 aliphatic rings. The Morgan fingerprint density at radius 3 is 2.78 bits per heavy atom. The zero-order chi connectivity index (χ0) is 16.6. The fraction of sp³-hybridized carbons (Fsp3) is 0.133. The SMILES string of the molecule is COC(=O)c1sccc1S(=O)(=O)Nc1ccc2[nH]c(C)cc2c1. The van der Waals surface area contributed by atoms with Gasteiger partial charge in [-0.1, -0.05) is 0 Å². The number of nitrogens with one attached hydrogen (secondary N) is 2. The number of benzene rings is 1. The monoisotopic (exact) mass is 350 g/mol. The second-order valence-electron chi connectivity index (χ2n) is 4.97. The highest BCUT2D eigenvalue weighted by Crippen LogP contribution is 2.26. The second kappa shape index (κ2) is 5.71. The Hall–Kier alpha value is -2.32. The third-order valence-corrected chi connectivity index (χ3v) is 5.74. The number of ether oxygens (including phenoxy) is 1. The van der Waals surface area contributed by atoms with Gasteiger partial charge in [0.25, 0.3) is 10.0 Å². The topological polar surface area (TPSA) is 88.3 Å². The lowest BCUT2D eigenvalue weighted by Gasteiger charge is -2.08. The highest BCUT2D eigenvalue weighted by molar-refractivity contribution is 7.93. The number of sulfonamides is 1. The van der Waals surface area contributed by atoms with Gasteiger partial charge in [0.15, 0.2) is 0 Å². The molecule has 0 amide bonds. The van der Waals surface area contributed by atoms with Gasteiger partial charge >= 0.3 is 5.97 Å². The quantitative estimate of drug-likeness (QED) is 0.708. The summed E-state index contributed by atoms with van der Waals surface area (Å²) >= 11 is 1.03. The van der Waals surface area contributed by atoms with Crippen molar-refractivity contribution in [3.63, 3.8) is 0 Å². The summed E-state index contributed by atoms with van der Waals surface area (Å²) in [4.78, 5) is 14.8. The first-order valence-corrected chi connectivity index (χ1v) is 9.05. The van der Waals surface area contributed by atoms with Crippen molar-refractivity contribution in [2.75, 3.05) is 11.8 Å². The van der Waals surface area contributed by atoms with Crippen molar-refractivity contribution >= 4 is 43.9 Å². The number of fused-ring (bicyclic) bond motifs is 1. The van der Waals surface area contributed by atoms with E-state index in [2.05, 4.69) is 14.4 Å². The molecule has 3 aromatic rings. The van der Waals surface area contributed by atoms with Gasteiger partial charge in [0.2, 0.25) is 0 Å². The molecular weight excluding hydrogens is 336 g/mol. The number of aryl methyl sites for hydroxylation is 1. The predicted octanol–water partition coefficient (Wildman–Crippen LogP) is 3.13. The Labute approximate surface area is 137 Å². The van der Waals surface area contributed by atoms with Crippen molar-refractivity contribution in [3.8, 4) is 0 Å². The first-order valence-electron chi connectivity index (χ1n) is 6.69. The Bertz CT molecular complexity index is 986. The summed E-state index contributed by atoms with van der Waals surface area (Å²) < 4.78 is 32.2. The lowest BCUT2D eigenvalue weighted by molar-refractivity contribution is 0.0602. The predicted molar refractivity (Wildman–Crippen MR) is 89.5 cm³/mol. The Morgan fingerprint density at radius 2 is 2.04 bits per heavy atom. The van der Waals surface area contributed by atoms with E-state index in [4.69, 9.17) is 0 Å². The van der Waals surface area contributed by atoms with Crippen molar-refractivity contribution in [1.29, 1.82) is 0 Å². The fourth-order valence-corrected chi connectivity index (χ4v) is 4.69. The van der Waals surface area contributed by atoms with Crippen molar-refractivity contribution in [2.45, 2.75) is 11.8 Å². The van der Waals surface area contributed by atoms with Crippen LogP contribution >= 0.6 is 11.3 Å². The van der Waals surface area contributed by atoms with Gasteiger partial charge in [-0.2, -0.15) is 0 Å². The van der Waals surface area contributed by atoms with Crippen LogP contribution in [0.3, 0.4) is 0 Å². The number of esters is 1. The summed E-state index contributed by atoms with van der Waals surface area (Å²) in [6, 6.07) is 8.52. The van der Waals surface area contributed by atoms with Crippen molar-refractivity contribution in [1.82, 2.24) is 4.98 Å². The minimum absolute atomic E-state index is 0.0542. The van der Waals surface area contributed by atoms with Gasteiger partial charge < -0.3 is 9.72 Å². The molecule has 0 bridgehead atoms. The molecule has 1 aromatic carbocycles. The van der Waals surface area contributed by atoms with E-state index in [9.17, 15) is 13.2 Å². The van der Waals surface area contributed by atoms with Crippen LogP contribution in [-0.2, 0) is 14.8 Å². The Morgan fingerprint density at radius 1 is 1.26 bits per heavy atom. The van der Waals surface area contributed by atoms with Crippen LogP contribution < -0.4 is 4.72 Å². The van der Waals surface area contributed by atoms with E-state index in [0.29, 0.717) is 5.69 Å². The number of rotatable bonds is 4. The highest BCUT2D eigenvalue weighted by Gasteiger charge is 2.24. The van der Waals surface area contributed by atoms with Crippen LogP contribution in [0.2, 0.25) is 0 Å². The average Bonchev–Trinajstić information content (AvgIpc) is 3.11. The molecule has 8 heteroatoms. The summed E-state index contributed by atoms with van der Waals surface area (Å²) in [5.74, 6) is -0.669. The minimum Gasteiger partial charge on any atom is -0.465 e. The van der Waals surface area contributed by atoms with Gasteiger partial charge in [0.1, 0.15) is 9.77 Å². The van der Waals surface area contributed by atoms with E-state index in [1.165, 1.54) is 13.2 Å². The van der Waals surface area contributed by atoms with E-state index in [0.717, 1.165) is 27.9 Å². The van der Waals surface area contributed by atoms with Crippen molar-refractivity contribution < 1.29 is 17.9 Å². The lowest BCUT2D eigenvalue weighted by atomic mass is 10.2. The van der Waals surface area contributed by atoms with Crippen LogP contribution in [0, 0.1) is 6.92 Å². The second-order valence-corrected chi connectivity index (χ2v) is 7.53. The number of hydrogen-bond acceptors (Lipinski definition) is 5. The van der Waals surface area contributed by atoms with Gasteiger partial charge in [-0.25, -0.2) is 13.2 Å². The number of methoxy groups -OCH3 is 1. The van der Waals surface area contributed by atoms with Crippen molar-refractivity contribution in [3.05, 3.63) is 46.3 Å². The molecule has 23 heavy (non-hydrogen) atoms. The standard InChI is InChI=1S/C15H14N2O4S2/c1-9-7-10-8-11(3-4-12(10)16-9)17-23(19,20)13-5-6-22-14(13)15(18)21-2/h3-8,16-17H,1-2H3. The van der Waals surface area contributed by atoms with Gasteiger partial charge in [0, 0.05) is 22.3 Å². The fourth-order valence-electron chi connectivity index (χ4n) is 2.30. The first-order chi connectivity index (χ1) is 10.9. The van der Waals surface area contributed by atoms with E-state index >= 15 is 0 Å². The maximum Gasteiger partial charge on any atom is 0.349 e. The van der Waals surface area contributed by atoms with Crippen LogP contribution in [0.1, 0.15) is 15.4 Å². The summed E-state index contributed by atoms with van der Waals surface area (Å²) in [7, 11) is -2.65. The highest BCUT2D eigenvalue weighted by atomic mass is 32.2. The number of H-pyrrole nitrogens is 1. The number of thiophene rings is 1. The molecule has 6 nitrogen and oxygen atoms in total. The van der Waals surface area contributed by atoms with Crippen LogP contribution in [-0.4, -0.2) is 26.5 Å². The van der Waals surface area contributed by atoms with Crippen LogP contribution in [0.5, 0.6) is 0 Å². The molecule has 0 spiro atoms. The maximum absolute atomic E-state index is 12.5. The van der Waals surface area contributed by atoms with Gasteiger partial charge in [-0.3, -0.25) is 4.72 Å². The lowest BCUT2D eigenvalue weighted by Crippen LogP contribution is -2.15.